The van der Waals surface area contributed by atoms with Crippen LogP contribution in [0, 0.1) is 6.92 Å². The Morgan fingerprint density at radius 1 is 1.09 bits per heavy atom. The molecule has 0 aromatic heterocycles. The van der Waals surface area contributed by atoms with Gasteiger partial charge in [-0.05, 0) is 32.0 Å². The lowest BCUT2D eigenvalue weighted by atomic mass is 10.0. The first-order valence-corrected chi connectivity index (χ1v) is 8.41. The van der Waals surface area contributed by atoms with Crippen molar-refractivity contribution in [3.8, 4) is 0 Å². The lowest BCUT2D eigenvalue weighted by Crippen LogP contribution is -2.47. The van der Waals surface area contributed by atoms with E-state index in [4.69, 9.17) is 0 Å². The van der Waals surface area contributed by atoms with Crippen molar-refractivity contribution in [2.45, 2.75) is 24.0 Å². The van der Waals surface area contributed by atoms with Gasteiger partial charge in [0.1, 0.15) is 0 Å². The number of hydrogen-bond donors (Lipinski definition) is 1. The van der Waals surface area contributed by atoms with E-state index in [1.165, 1.54) is 11.8 Å². The van der Waals surface area contributed by atoms with Gasteiger partial charge in [0.2, 0.25) is 10.8 Å². The minimum Gasteiger partial charge on any atom is -0.323 e. The molecule has 2 aliphatic rings. The molecule has 1 fully saturated rings. The van der Waals surface area contributed by atoms with E-state index >= 15 is 0 Å². The maximum Gasteiger partial charge on any atom is 0.266 e. The summed E-state index contributed by atoms with van der Waals surface area (Å²) in [6.45, 7) is 3.86. The molecule has 0 saturated carbocycles. The summed E-state index contributed by atoms with van der Waals surface area (Å²) >= 11 is 1.41. The van der Waals surface area contributed by atoms with E-state index in [0.29, 0.717) is 0 Å². The highest BCUT2D eigenvalue weighted by Crippen LogP contribution is 2.55. The number of fused-ring (bicyclic) bond motifs is 2. The minimum absolute atomic E-state index is 0.0364. The van der Waals surface area contributed by atoms with Gasteiger partial charge in [-0.25, -0.2) is 0 Å². The van der Waals surface area contributed by atoms with Crippen molar-refractivity contribution < 1.29 is 9.59 Å². The monoisotopic (exact) mass is 324 g/mol. The molecular formula is C18H16N2O2S. The quantitative estimate of drug-likeness (QED) is 0.876. The number of benzene rings is 2. The van der Waals surface area contributed by atoms with Crippen molar-refractivity contribution in [3.63, 3.8) is 0 Å². The Morgan fingerprint density at radius 2 is 1.78 bits per heavy atom. The lowest BCUT2D eigenvalue weighted by Gasteiger charge is -2.32. The number of nitrogens with zero attached hydrogens (tertiary/aromatic N) is 1. The third-order valence-corrected chi connectivity index (χ3v) is 5.85. The van der Waals surface area contributed by atoms with Crippen molar-refractivity contribution in [2.75, 3.05) is 10.2 Å². The summed E-state index contributed by atoms with van der Waals surface area (Å²) in [5.74, 6) is -0.187. The van der Waals surface area contributed by atoms with E-state index in [9.17, 15) is 9.59 Å². The number of anilines is 2. The summed E-state index contributed by atoms with van der Waals surface area (Å²) in [4.78, 5) is 26.3. The average Bonchev–Trinajstić information content (AvgIpc) is 2.97. The molecule has 2 heterocycles. The maximum atomic E-state index is 12.9. The molecule has 0 bridgehead atoms. The van der Waals surface area contributed by atoms with Crippen molar-refractivity contribution in [1.29, 1.82) is 0 Å². The first-order valence-electron chi connectivity index (χ1n) is 7.53. The minimum atomic E-state index is -1.01. The summed E-state index contributed by atoms with van der Waals surface area (Å²) < 4.78 is 0. The molecule has 1 spiro atoms. The maximum absolute atomic E-state index is 12.9. The van der Waals surface area contributed by atoms with Gasteiger partial charge < -0.3 is 5.32 Å². The lowest BCUT2D eigenvalue weighted by molar-refractivity contribution is -0.122. The second kappa shape index (κ2) is 4.86. The van der Waals surface area contributed by atoms with Gasteiger partial charge in [-0.2, -0.15) is 0 Å². The summed E-state index contributed by atoms with van der Waals surface area (Å²) in [5.41, 5.74) is 3.51. The highest BCUT2D eigenvalue weighted by Gasteiger charge is 2.60. The predicted octanol–water partition coefficient (Wildman–Crippen LogP) is 3.27. The average molecular weight is 324 g/mol. The fourth-order valence-corrected chi connectivity index (χ4v) is 4.74. The van der Waals surface area contributed by atoms with E-state index < -0.39 is 4.87 Å². The number of aryl methyl sites for hydroxylation is 1. The number of amides is 2. The number of carbonyl (C=O) groups excluding carboxylic acids is 2. The third kappa shape index (κ3) is 1.86. The number of nitrogens with one attached hydrogen (secondary N) is 1. The van der Waals surface area contributed by atoms with Crippen LogP contribution in [-0.4, -0.2) is 17.1 Å². The van der Waals surface area contributed by atoms with Gasteiger partial charge in [0.05, 0.1) is 5.25 Å². The van der Waals surface area contributed by atoms with Crippen LogP contribution in [0.3, 0.4) is 0 Å². The third-order valence-electron chi connectivity index (χ3n) is 4.37. The molecule has 2 amide bonds. The Kier molecular flexibility index (Phi) is 3.03. The Labute approximate surface area is 138 Å². The molecular weight excluding hydrogens is 308 g/mol. The van der Waals surface area contributed by atoms with E-state index in [0.717, 1.165) is 22.5 Å². The topological polar surface area (TPSA) is 49.4 Å². The van der Waals surface area contributed by atoms with Gasteiger partial charge in [0.25, 0.3) is 5.91 Å². The zero-order chi connectivity index (χ0) is 16.2. The normalized spacial score (nSPS) is 25.8. The summed E-state index contributed by atoms with van der Waals surface area (Å²) in [5, 5.41) is 2.66. The Hall–Kier alpha value is -2.27. The van der Waals surface area contributed by atoms with Crippen LogP contribution in [-0.2, 0) is 14.5 Å². The molecule has 0 radical (unpaired) electrons. The smallest absolute Gasteiger partial charge is 0.266 e. The molecule has 0 aliphatic carbocycles. The molecule has 4 rings (SSSR count). The number of para-hydroxylation sites is 1. The standard InChI is InChI=1S/C18H16N2O2S/c1-11-7-9-13(10-8-11)20-16(21)12(2)23-18(20)14-5-3-4-6-15(14)19-17(18)22/h3-10,12H,1-2H3,(H,19,22)/t12-,18-/m0/s1. The second-order valence-electron chi connectivity index (χ2n) is 5.91. The molecule has 116 valence electrons. The first-order chi connectivity index (χ1) is 11.0. The molecule has 5 heteroatoms. The van der Waals surface area contributed by atoms with Gasteiger partial charge in [-0.3, -0.25) is 14.5 Å². The summed E-state index contributed by atoms with van der Waals surface area (Å²) in [6, 6.07) is 15.3. The highest BCUT2D eigenvalue weighted by molar-refractivity contribution is 8.03. The molecule has 23 heavy (non-hydrogen) atoms. The number of rotatable bonds is 1. The van der Waals surface area contributed by atoms with E-state index in [1.807, 2.05) is 62.4 Å². The van der Waals surface area contributed by atoms with Crippen LogP contribution in [0.2, 0.25) is 0 Å². The largest absolute Gasteiger partial charge is 0.323 e. The van der Waals surface area contributed by atoms with Crippen LogP contribution in [0.25, 0.3) is 0 Å². The molecule has 1 saturated heterocycles. The van der Waals surface area contributed by atoms with Crippen LogP contribution in [0.15, 0.2) is 48.5 Å². The van der Waals surface area contributed by atoms with Gasteiger partial charge in [-0.1, -0.05) is 35.9 Å². The Balaban J connectivity index is 1.94. The number of carbonyl (C=O) groups is 2. The Bertz CT molecular complexity index is 818. The van der Waals surface area contributed by atoms with Gasteiger partial charge in [0.15, 0.2) is 0 Å². The molecule has 2 atom stereocenters. The van der Waals surface area contributed by atoms with Crippen molar-refractivity contribution in [1.82, 2.24) is 0 Å². The highest BCUT2D eigenvalue weighted by atomic mass is 32.2. The zero-order valence-electron chi connectivity index (χ0n) is 12.9. The molecule has 1 N–H and O–H groups in total. The molecule has 2 aromatic carbocycles. The van der Waals surface area contributed by atoms with Gasteiger partial charge >= 0.3 is 0 Å². The SMILES string of the molecule is Cc1ccc(N2C(=O)[C@H](C)S[C@@]23C(=O)Nc2ccccc23)cc1. The molecule has 2 aromatic rings. The van der Waals surface area contributed by atoms with E-state index in [1.54, 1.807) is 4.90 Å². The van der Waals surface area contributed by atoms with Crippen molar-refractivity contribution in [3.05, 3.63) is 59.7 Å². The predicted molar refractivity (Wildman–Crippen MR) is 92.5 cm³/mol. The van der Waals surface area contributed by atoms with E-state index in [-0.39, 0.29) is 17.1 Å². The van der Waals surface area contributed by atoms with Crippen LogP contribution >= 0.6 is 11.8 Å². The zero-order valence-corrected chi connectivity index (χ0v) is 13.7. The fourth-order valence-electron chi connectivity index (χ4n) is 3.25. The van der Waals surface area contributed by atoms with Crippen molar-refractivity contribution in [2.24, 2.45) is 0 Å². The van der Waals surface area contributed by atoms with Crippen LogP contribution in [0.1, 0.15) is 18.1 Å². The molecule has 4 nitrogen and oxygen atoms in total. The summed E-state index contributed by atoms with van der Waals surface area (Å²) in [6.07, 6.45) is 0. The number of hydrogen-bond acceptors (Lipinski definition) is 3. The second-order valence-corrected chi connectivity index (χ2v) is 7.45. The fraction of sp³-hybridized carbons (Fsp3) is 0.222. The van der Waals surface area contributed by atoms with E-state index in [2.05, 4.69) is 5.32 Å². The Morgan fingerprint density at radius 3 is 2.52 bits per heavy atom. The number of thioether (sulfide) groups is 1. The van der Waals surface area contributed by atoms with Crippen LogP contribution in [0.5, 0.6) is 0 Å². The van der Waals surface area contributed by atoms with Crippen LogP contribution < -0.4 is 10.2 Å². The summed E-state index contributed by atoms with van der Waals surface area (Å²) in [7, 11) is 0. The van der Waals surface area contributed by atoms with Crippen LogP contribution in [0.4, 0.5) is 11.4 Å². The van der Waals surface area contributed by atoms with Gasteiger partial charge in [-0.15, -0.1) is 11.8 Å². The van der Waals surface area contributed by atoms with Crippen molar-refractivity contribution >= 4 is 35.0 Å². The molecule has 2 aliphatic heterocycles. The molecule has 0 unspecified atom stereocenters. The van der Waals surface area contributed by atoms with Gasteiger partial charge in [0, 0.05) is 16.9 Å². The first kappa shape index (κ1) is 14.3.